The van der Waals surface area contributed by atoms with Gasteiger partial charge >= 0.3 is 0 Å². The van der Waals surface area contributed by atoms with Crippen LogP contribution >= 0.6 is 0 Å². The second-order valence-electron chi connectivity index (χ2n) is 12.7. The quantitative estimate of drug-likeness (QED) is 0.444. The van der Waals surface area contributed by atoms with Gasteiger partial charge in [-0.3, -0.25) is 0 Å². The fourth-order valence-corrected chi connectivity index (χ4v) is 9.08. The van der Waals surface area contributed by atoms with Crippen molar-refractivity contribution in [2.45, 2.75) is 112 Å². The highest BCUT2D eigenvalue weighted by molar-refractivity contribution is 5.10. The lowest BCUT2D eigenvalue weighted by Gasteiger charge is -2.61. The number of fused-ring (bicyclic) bond motifs is 5. The molecule has 0 aromatic heterocycles. The van der Waals surface area contributed by atoms with Crippen LogP contribution in [0.25, 0.3) is 0 Å². The van der Waals surface area contributed by atoms with Crippen molar-refractivity contribution >= 4 is 0 Å². The smallest absolute Gasteiger partial charge is 0.0264 e. The first-order valence-corrected chi connectivity index (χ1v) is 13.1. The Morgan fingerprint density at radius 3 is 2.32 bits per heavy atom. The molecule has 9 atom stereocenters. The van der Waals surface area contributed by atoms with Crippen LogP contribution in [0.3, 0.4) is 0 Å². The molecular weight excluding hydrogens is 336 g/mol. The van der Waals surface area contributed by atoms with Crippen molar-refractivity contribution in [3.63, 3.8) is 0 Å². The van der Waals surface area contributed by atoms with Crippen LogP contribution in [0.4, 0.5) is 0 Å². The summed E-state index contributed by atoms with van der Waals surface area (Å²) in [6.07, 6.45) is 19.1. The third-order valence-electron chi connectivity index (χ3n) is 11.4. The van der Waals surface area contributed by atoms with Gasteiger partial charge in [0.05, 0.1) is 0 Å². The van der Waals surface area contributed by atoms with Crippen LogP contribution in [0.15, 0.2) is 0 Å². The zero-order valence-corrected chi connectivity index (χ0v) is 20.0. The van der Waals surface area contributed by atoms with Crippen molar-refractivity contribution in [3.05, 3.63) is 6.42 Å². The van der Waals surface area contributed by atoms with E-state index in [0.29, 0.717) is 10.8 Å². The average molecular weight is 386 g/mol. The maximum atomic E-state index is 2.75. The van der Waals surface area contributed by atoms with E-state index in [2.05, 4.69) is 48.0 Å². The Hall–Kier alpha value is 0. The molecule has 0 saturated heterocycles. The lowest BCUT2D eigenvalue weighted by atomic mass is 9.44. The summed E-state index contributed by atoms with van der Waals surface area (Å²) in [6.45, 7) is 15.4. The Kier molecular flexibility index (Phi) is 6.01. The minimum Gasteiger partial charge on any atom is -0.0625 e. The first kappa shape index (κ1) is 21.2. The fraction of sp³-hybridized carbons (Fsp3) is 0.964. The Morgan fingerprint density at radius 2 is 1.57 bits per heavy atom. The summed E-state index contributed by atoms with van der Waals surface area (Å²) in [5, 5.41) is 0. The minimum absolute atomic E-state index is 0.658. The molecular formula is C28H49. The summed E-state index contributed by atoms with van der Waals surface area (Å²) in [5.74, 6) is 7.84. The predicted octanol–water partition coefficient (Wildman–Crippen LogP) is 8.56. The molecule has 0 nitrogen and oxygen atoms in total. The molecule has 0 aromatic carbocycles. The van der Waals surface area contributed by atoms with Gasteiger partial charge in [-0.05, 0) is 122 Å². The topological polar surface area (TPSA) is 0 Å². The van der Waals surface area contributed by atoms with E-state index in [9.17, 15) is 0 Å². The standard InChI is InChI=1S/C28H49/c1-19(2)20(3)10-11-21(4)24-14-15-25-23-13-12-22-9-7-8-17-27(22,5)26(23)16-18-28(24,25)6/h7,19-26H,8-18H2,1-6H3/t20?,21-,22?,23+,24-,25+,26+,27+,28-/m1/s1. The van der Waals surface area contributed by atoms with E-state index in [1.165, 1.54) is 44.9 Å². The van der Waals surface area contributed by atoms with Crippen molar-refractivity contribution in [1.29, 1.82) is 0 Å². The highest BCUT2D eigenvalue weighted by atomic mass is 14.6. The van der Waals surface area contributed by atoms with Gasteiger partial charge in [0.2, 0.25) is 0 Å². The predicted molar refractivity (Wildman–Crippen MR) is 122 cm³/mol. The number of hydrogen-bond donors (Lipinski definition) is 0. The molecule has 4 aliphatic carbocycles. The lowest BCUT2D eigenvalue weighted by molar-refractivity contribution is -0.109. The summed E-state index contributed by atoms with van der Waals surface area (Å²) >= 11 is 0. The highest BCUT2D eigenvalue weighted by Crippen LogP contribution is 2.68. The van der Waals surface area contributed by atoms with Crippen molar-refractivity contribution < 1.29 is 0 Å². The first-order chi connectivity index (χ1) is 13.3. The van der Waals surface area contributed by atoms with E-state index in [0.717, 1.165) is 47.3 Å². The molecule has 0 aliphatic heterocycles. The van der Waals surface area contributed by atoms with Crippen molar-refractivity contribution in [3.8, 4) is 0 Å². The van der Waals surface area contributed by atoms with Crippen LogP contribution in [0.5, 0.6) is 0 Å². The molecule has 0 aromatic rings. The summed E-state index contributed by atoms with van der Waals surface area (Å²) in [4.78, 5) is 0. The van der Waals surface area contributed by atoms with Gasteiger partial charge in [0.25, 0.3) is 0 Å². The van der Waals surface area contributed by atoms with Gasteiger partial charge in [0, 0.05) is 0 Å². The molecule has 0 spiro atoms. The second-order valence-corrected chi connectivity index (χ2v) is 12.7. The molecule has 4 aliphatic rings. The summed E-state index contributed by atoms with van der Waals surface area (Å²) in [7, 11) is 0. The van der Waals surface area contributed by atoms with Gasteiger partial charge in [-0.1, -0.05) is 54.4 Å². The zero-order chi connectivity index (χ0) is 20.1. The van der Waals surface area contributed by atoms with Crippen molar-refractivity contribution in [2.24, 2.45) is 58.2 Å². The van der Waals surface area contributed by atoms with Crippen LogP contribution in [0, 0.1) is 64.6 Å². The Labute approximate surface area is 177 Å². The van der Waals surface area contributed by atoms with E-state index in [-0.39, 0.29) is 0 Å². The van der Waals surface area contributed by atoms with E-state index in [4.69, 9.17) is 0 Å². The fourth-order valence-electron chi connectivity index (χ4n) is 9.08. The van der Waals surface area contributed by atoms with Crippen molar-refractivity contribution in [2.75, 3.05) is 0 Å². The van der Waals surface area contributed by atoms with Gasteiger partial charge in [-0.2, -0.15) is 0 Å². The van der Waals surface area contributed by atoms with Crippen LogP contribution in [-0.2, 0) is 0 Å². The SMILES string of the molecule is CC(C)C(C)CC[C@@H](C)[C@H]1CC[C@H]2[C@@H]3CCC4C[CH]CC[C@]4(C)[C@H]3CC[C@]12C. The molecule has 1 radical (unpaired) electrons. The summed E-state index contributed by atoms with van der Waals surface area (Å²) in [5.41, 5.74) is 1.33. The maximum Gasteiger partial charge on any atom is -0.0264 e. The van der Waals surface area contributed by atoms with Crippen LogP contribution < -0.4 is 0 Å². The molecule has 28 heavy (non-hydrogen) atoms. The van der Waals surface area contributed by atoms with Gasteiger partial charge in [-0.25, -0.2) is 0 Å². The van der Waals surface area contributed by atoms with Crippen LogP contribution in [-0.4, -0.2) is 0 Å². The molecule has 4 saturated carbocycles. The molecule has 2 unspecified atom stereocenters. The largest absolute Gasteiger partial charge is 0.0625 e. The van der Waals surface area contributed by atoms with Gasteiger partial charge in [0.1, 0.15) is 0 Å². The molecule has 0 amide bonds. The van der Waals surface area contributed by atoms with E-state index in [1.54, 1.807) is 25.7 Å². The van der Waals surface area contributed by atoms with Gasteiger partial charge in [-0.15, -0.1) is 0 Å². The normalized spacial score (nSPS) is 47.9. The average Bonchev–Trinajstić information content (AvgIpc) is 3.02. The Bertz CT molecular complexity index is 534. The molecule has 0 bridgehead atoms. The minimum atomic E-state index is 0.658. The van der Waals surface area contributed by atoms with Crippen LogP contribution in [0.2, 0.25) is 0 Å². The van der Waals surface area contributed by atoms with E-state index in [1.807, 2.05) is 0 Å². The van der Waals surface area contributed by atoms with Gasteiger partial charge in [0.15, 0.2) is 0 Å². The Morgan fingerprint density at radius 1 is 0.821 bits per heavy atom. The molecule has 161 valence electrons. The molecule has 0 heterocycles. The summed E-state index contributed by atoms with van der Waals surface area (Å²) < 4.78 is 0. The van der Waals surface area contributed by atoms with E-state index >= 15 is 0 Å². The zero-order valence-electron chi connectivity index (χ0n) is 20.0. The van der Waals surface area contributed by atoms with Crippen LogP contribution in [0.1, 0.15) is 112 Å². The first-order valence-electron chi connectivity index (χ1n) is 13.1. The van der Waals surface area contributed by atoms with Crippen molar-refractivity contribution in [1.82, 2.24) is 0 Å². The highest BCUT2D eigenvalue weighted by Gasteiger charge is 2.60. The maximum absolute atomic E-state index is 2.75. The molecule has 0 N–H and O–H groups in total. The summed E-state index contributed by atoms with van der Waals surface area (Å²) in [6, 6.07) is 0. The Balaban J connectivity index is 1.46. The number of rotatable bonds is 5. The third-order valence-corrected chi connectivity index (χ3v) is 11.4. The molecule has 4 rings (SSSR count). The van der Waals surface area contributed by atoms with Gasteiger partial charge < -0.3 is 0 Å². The number of hydrogen-bond acceptors (Lipinski definition) is 0. The lowest BCUT2D eigenvalue weighted by Crippen LogP contribution is -2.53. The monoisotopic (exact) mass is 385 g/mol. The second kappa shape index (κ2) is 7.92. The third kappa shape index (κ3) is 3.41. The molecule has 0 heteroatoms. The molecule has 4 fully saturated rings. The van der Waals surface area contributed by atoms with E-state index < -0.39 is 0 Å².